The lowest BCUT2D eigenvalue weighted by atomic mass is 10.3. The van der Waals surface area contributed by atoms with Gasteiger partial charge in [-0.25, -0.2) is 0 Å². The summed E-state index contributed by atoms with van der Waals surface area (Å²) < 4.78 is 5.49. The lowest BCUT2D eigenvalue weighted by Crippen LogP contribution is -2.29. The summed E-state index contributed by atoms with van der Waals surface area (Å²) in [5.41, 5.74) is 0. The number of amides is 1. The predicted molar refractivity (Wildman–Crippen MR) is 69.4 cm³/mol. The second-order valence-electron chi connectivity index (χ2n) is 3.54. The van der Waals surface area contributed by atoms with E-state index >= 15 is 0 Å². The molecule has 0 aliphatic rings. The first kappa shape index (κ1) is 13.6. The topological polar surface area (TPSA) is 29.5 Å². The summed E-state index contributed by atoms with van der Waals surface area (Å²) in [6.45, 7) is 2.75. The molecule has 0 fully saturated rings. The highest BCUT2D eigenvalue weighted by atomic mass is 35.5. The molecule has 0 aliphatic heterocycles. The van der Waals surface area contributed by atoms with Crippen LogP contribution in [0.4, 0.5) is 0 Å². The molecule has 0 spiro atoms. The van der Waals surface area contributed by atoms with Gasteiger partial charge in [0.2, 0.25) is 5.91 Å². The molecule has 0 bridgehead atoms. The van der Waals surface area contributed by atoms with Crippen molar-refractivity contribution in [3.05, 3.63) is 41.4 Å². The van der Waals surface area contributed by atoms with E-state index in [1.165, 1.54) is 6.08 Å². The van der Waals surface area contributed by atoms with E-state index in [2.05, 4.69) is 0 Å². The fraction of sp³-hybridized carbons (Fsp3) is 0.308. The number of carbonyl (C=O) groups is 1. The van der Waals surface area contributed by atoms with E-state index in [0.29, 0.717) is 23.9 Å². The van der Waals surface area contributed by atoms with Crippen LogP contribution in [0.5, 0.6) is 5.75 Å². The molecular weight excluding hydrogens is 238 g/mol. The molecule has 1 aromatic rings. The SMILES string of the molecule is CC=CC(=O)N(C)CCOc1ccccc1Cl. The van der Waals surface area contributed by atoms with Crippen molar-refractivity contribution in [3.8, 4) is 5.75 Å². The highest BCUT2D eigenvalue weighted by Crippen LogP contribution is 2.22. The van der Waals surface area contributed by atoms with Gasteiger partial charge in [-0.3, -0.25) is 4.79 Å². The minimum Gasteiger partial charge on any atom is -0.490 e. The van der Waals surface area contributed by atoms with Crippen LogP contribution in [-0.2, 0) is 4.79 Å². The van der Waals surface area contributed by atoms with E-state index in [1.807, 2.05) is 19.1 Å². The first-order valence-corrected chi connectivity index (χ1v) is 5.78. The van der Waals surface area contributed by atoms with Crippen molar-refractivity contribution in [1.29, 1.82) is 0 Å². The smallest absolute Gasteiger partial charge is 0.246 e. The van der Waals surface area contributed by atoms with Crippen LogP contribution >= 0.6 is 11.6 Å². The van der Waals surface area contributed by atoms with Crippen molar-refractivity contribution in [2.75, 3.05) is 20.2 Å². The van der Waals surface area contributed by atoms with Crippen molar-refractivity contribution in [3.63, 3.8) is 0 Å². The zero-order chi connectivity index (χ0) is 12.7. The number of para-hydroxylation sites is 1. The average Bonchev–Trinajstić information content (AvgIpc) is 2.31. The zero-order valence-electron chi connectivity index (χ0n) is 10.0. The van der Waals surface area contributed by atoms with Gasteiger partial charge in [0.1, 0.15) is 12.4 Å². The quantitative estimate of drug-likeness (QED) is 0.756. The molecule has 0 aromatic heterocycles. The third-order valence-corrected chi connectivity index (χ3v) is 2.52. The summed E-state index contributed by atoms with van der Waals surface area (Å²) >= 11 is 5.94. The number of hydrogen-bond acceptors (Lipinski definition) is 2. The van der Waals surface area contributed by atoms with Gasteiger partial charge >= 0.3 is 0 Å². The maximum Gasteiger partial charge on any atom is 0.246 e. The Morgan fingerprint density at radius 1 is 1.47 bits per heavy atom. The largest absolute Gasteiger partial charge is 0.490 e. The molecule has 1 rings (SSSR count). The second kappa shape index (κ2) is 6.97. The molecule has 92 valence electrons. The Morgan fingerprint density at radius 2 is 2.18 bits per heavy atom. The normalized spacial score (nSPS) is 10.5. The van der Waals surface area contributed by atoms with E-state index in [4.69, 9.17) is 16.3 Å². The van der Waals surface area contributed by atoms with Gasteiger partial charge in [-0.15, -0.1) is 0 Å². The molecule has 1 amide bonds. The Hall–Kier alpha value is -1.48. The van der Waals surface area contributed by atoms with Crippen LogP contribution in [0.2, 0.25) is 5.02 Å². The van der Waals surface area contributed by atoms with Crippen LogP contribution in [0.1, 0.15) is 6.92 Å². The third kappa shape index (κ3) is 4.49. The van der Waals surface area contributed by atoms with Gasteiger partial charge < -0.3 is 9.64 Å². The number of halogens is 1. The minimum atomic E-state index is -0.0322. The number of nitrogens with zero attached hydrogens (tertiary/aromatic N) is 1. The molecule has 3 nitrogen and oxygen atoms in total. The maximum absolute atomic E-state index is 11.4. The Kier molecular flexibility index (Phi) is 5.57. The molecule has 4 heteroatoms. The number of rotatable bonds is 5. The van der Waals surface area contributed by atoms with Gasteiger partial charge in [0, 0.05) is 7.05 Å². The summed E-state index contributed by atoms with van der Waals surface area (Å²) in [5.74, 6) is 0.608. The Morgan fingerprint density at radius 3 is 2.82 bits per heavy atom. The van der Waals surface area contributed by atoms with E-state index in [-0.39, 0.29) is 5.91 Å². The lowest BCUT2D eigenvalue weighted by Gasteiger charge is -2.15. The number of hydrogen-bond donors (Lipinski definition) is 0. The Labute approximate surface area is 107 Å². The van der Waals surface area contributed by atoms with Crippen LogP contribution in [0.3, 0.4) is 0 Å². The third-order valence-electron chi connectivity index (χ3n) is 2.21. The van der Waals surface area contributed by atoms with Gasteiger partial charge in [-0.1, -0.05) is 29.8 Å². The van der Waals surface area contributed by atoms with Crippen molar-refractivity contribution >= 4 is 17.5 Å². The number of likely N-dealkylation sites (N-methyl/N-ethyl adjacent to an activating group) is 1. The van der Waals surface area contributed by atoms with Gasteiger partial charge in [0.25, 0.3) is 0 Å². The minimum absolute atomic E-state index is 0.0322. The highest BCUT2D eigenvalue weighted by molar-refractivity contribution is 6.32. The lowest BCUT2D eigenvalue weighted by molar-refractivity contribution is -0.125. The fourth-order valence-corrected chi connectivity index (χ4v) is 1.42. The standard InChI is InChI=1S/C13H16ClNO2/c1-3-6-13(16)15(2)9-10-17-12-8-5-4-7-11(12)14/h3-8H,9-10H2,1-2H3. The molecule has 0 radical (unpaired) electrons. The van der Waals surface area contributed by atoms with E-state index in [0.717, 1.165) is 0 Å². The highest BCUT2D eigenvalue weighted by Gasteiger charge is 2.05. The second-order valence-corrected chi connectivity index (χ2v) is 3.95. The first-order chi connectivity index (χ1) is 8.15. The maximum atomic E-state index is 11.4. The van der Waals surface area contributed by atoms with Gasteiger partial charge in [-0.05, 0) is 25.1 Å². The van der Waals surface area contributed by atoms with E-state index in [9.17, 15) is 4.79 Å². The molecule has 0 unspecified atom stereocenters. The summed E-state index contributed by atoms with van der Waals surface area (Å²) in [6, 6.07) is 7.27. The van der Waals surface area contributed by atoms with Gasteiger partial charge in [-0.2, -0.15) is 0 Å². The molecule has 1 aromatic carbocycles. The molecule has 0 atom stereocenters. The molecule has 0 aliphatic carbocycles. The Bertz CT molecular complexity index is 404. The van der Waals surface area contributed by atoms with Crippen LogP contribution in [0.15, 0.2) is 36.4 Å². The van der Waals surface area contributed by atoms with Crippen molar-refractivity contribution in [2.24, 2.45) is 0 Å². The van der Waals surface area contributed by atoms with Gasteiger partial charge in [0.05, 0.1) is 11.6 Å². The molecule has 0 saturated carbocycles. The van der Waals surface area contributed by atoms with E-state index in [1.54, 1.807) is 30.2 Å². The van der Waals surface area contributed by atoms with Gasteiger partial charge in [0.15, 0.2) is 0 Å². The number of carbonyl (C=O) groups excluding carboxylic acids is 1. The van der Waals surface area contributed by atoms with Crippen LogP contribution in [-0.4, -0.2) is 31.0 Å². The van der Waals surface area contributed by atoms with Crippen LogP contribution in [0.25, 0.3) is 0 Å². The Balaban J connectivity index is 2.38. The molecule has 0 N–H and O–H groups in total. The van der Waals surface area contributed by atoms with Crippen molar-refractivity contribution in [1.82, 2.24) is 4.90 Å². The van der Waals surface area contributed by atoms with Crippen molar-refractivity contribution < 1.29 is 9.53 Å². The van der Waals surface area contributed by atoms with Crippen LogP contribution < -0.4 is 4.74 Å². The summed E-state index contributed by atoms with van der Waals surface area (Å²) in [7, 11) is 1.73. The first-order valence-electron chi connectivity index (χ1n) is 5.40. The van der Waals surface area contributed by atoms with Crippen LogP contribution in [0, 0.1) is 0 Å². The number of benzene rings is 1. The fourth-order valence-electron chi connectivity index (χ4n) is 1.23. The average molecular weight is 254 g/mol. The predicted octanol–water partition coefficient (Wildman–Crippen LogP) is 2.75. The summed E-state index contributed by atoms with van der Waals surface area (Å²) in [6.07, 6.45) is 3.24. The molecule has 17 heavy (non-hydrogen) atoms. The monoisotopic (exact) mass is 253 g/mol. The molecule has 0 heterocycles. The number of ether oxygens (including phenoxy) is 1. The summed E-state index contributed by atoms with van der Waals surface area (Å²) in [5, 5.41) is 0.579. The van der Waals surface area contributed by atoms with E-state index < -0.39 is 0 Å². The molecular formula is C13H16ClNO2. The molecule has 0 saturated heterocycles. The zero-order valence-corrected chi connectivity index (χ0v) is 10.8. The van der Waals surface area contributed by atoms with Crippen molar-refractivity contribution in [2.45, 2.75) is 6.92 Å². The number of allylic oxidation sites excluding steroid dienone is 1. The summed E-state index contributed by atoms with van der Waals surface area (Å²) in [4.78, 5) is 13.0.